The van der Waals surface area contributed by atoms with Crippen LogP contribution in [0.25, 0.3) is 16.9 Å². The third-order valence-electron chi connectivity index (χ3n) is 6.65. The molecule has 1 aromatic carbocycles. The van der Waals surface area contributed by atoms with Crippen LogP contribution in [0.1, 0.15) is 29.7 Å². The zero-order valence-corrected chi connectivity index (χ0v) is 19.5. The first-order chi connectivity index (χ1) is 16.0. The standard InChI is InChI=1S/C24H25N7OS/c1-30-11-8-16-6-7-19(12-17(16)15-30)27-23-25-13-18-14-26-31(22(18)29-23)21-5-3-4-20(28-21)24(9-10-24)33(2)32/h3-7,12-14H,8-11,15H2,1-2H3,(H,25,27,29). The number of likely N-dealkylation sites (N-methyl/N-ethyl adjacent to an activating group) is 1. The summed E-state index contributed by atoms with van der Waals surface area (Å²) < 4.78 is 13.7. The lowest BCUT2D eigenvalue weighted by atomic mass is 9.99. The van der Waals surface area contributed by atoms with Gasteiger partial charge in [0.05, 0.1) is 22.0 Å². The Morgan fingerprint density at radius 1 is 1.09 bits per heavy atom. The number of rotatable bonds is 5. The highest BCUT2D eigenvalue weighted by atomic mass is 32.2. The Kier molecular flexibility index (Phi) is 4.77. The fourth-order valence-corrected chi connectivity index (χ4v) is 5.63. The number of aromatic nitrogens is 5. The van der Waals surface area contributed by atoms with Crippen molar-refractivity contribution < 1.29 is 4.21 Å². The van der Waals surface area contributed by atoms with Crippen molar-refractivity contribution in [1.29, 1.82) is 0 Å². The van der Waals surface area contributed by atoms with E-state index in [-0.39, 0.29) is 4.75 Å². The largest absolute Gasteiger partial charge is 0.324 e. The van der Waals surface area contributed by atoms with Gasteiger partial charge in [-0.3, -0.25) is 4.21 Å². The maximum atomic E-state index is 12.3. The number of hydrogen-bond donors (Lipinski definition) is 1. The van der Waals surface area contributed by atoms with Gasteiger partial charge in [0.25, 0.3) is 0 Å². The molecule has 9 heteroatoms. The van der Waals surface area contributed by atoms with E-state index in [1.165, 1.54) is 11.1 Å². The molecule has 0 spiro atoms. The fourth-order valence-electron chi connectivity index (χ4n) is 4.55. The molecule has 0 radical (unpaired) electrons. The number of anilines is 2. The molecule has 1 saturated carbocycles. The van der Waals surface area contributed by atoms with Gasteiger partial charge in [-0.05, 0) is 61.7 Å². The molecule has 0 bridgehead atoms. The van der Waals surface area contributed by atoms with E-state index < -0.39 is 10.8 Å². The number of nitrogens with one attached hydrogen (secondary N) is 1. The summed E-state index contributed by atoms with van der Waals surface area (Å²) in [7, 11) is 1.19. The Bertz CT molecular complexity index is 1390. The van der Waals surface area contributed by atoms with Crippen LogP contribution in [0.5, 0.6) is 0 Å². The molecule has 1 N–H and O–H groups in total. The maximum Gasteiger partial charge on any atom is 0.229 e. The number of fused-ring (bicyclic) bond motifs is 2. The van der Waals surface area contributed by atoms with Gasteiger partial charge in [-0.1, -0.05) is 12.1 Å². The van der Waals surface area contributed by atoms with Crippen LogP contribution < -0.4 is 5.32 Å². The minimum atomic E-state index is -0.959. The van der Waals surface area contributed by atoms with Gasteiger partial charge in [0, 0.05) is 42.0 Å². The first-order valence-electron chi connectivity index (χ1n) is 11.1. The van der Waals surface area contributed by atoms with Crippen molar-refractivity contribution in [3.63, 3.8) is 0 Å². The minimum Gasteiger partial charge on any atom is -0.324 e. The van der Waals surface area contributed by atoms with Crippen molar-refractivity contribution in [3.05, 3.63) is 65.6 Å². The molecular weight excluding hydrogens is 434 g/mol. The molecule has 1 unspecified atom stereocenters. The topological polar surface area (TPSA) is 88.8 Å². The van der Waals surface area contributed by atoms with Crippen LogP contribution >= 0.6 is 0 Å². The Labute approximate surface area is 194 Å². The zero-order chi connectivity index (χ0) is 22.6. The van der Waals surface area contributed by atoms with Crippen LogP contribution in [-0.2, 0) is 28.5 Å². The first kappa shape index (κ1) is 20.4. The fraction of sp³-hybridized carbons (Fsp3) is 0.333. The van der Waals surface area contributed by atoms with Crippen molar-refractivity contribution >= 4 is 33.5 Å². The van der Waals surface area contributed by atoms with Crippen LogP contribution in [0.3, 0.4) is 0 Å². The van der Waals surface area contributed by atoms with Crippen molar-refractivity contribution in [1.82, 2.24) is 29.6 Å². The van der Waals surface area contributed by atoms with Crippen LogP contribution in [0.4, 0.5) is 11.6 Å². The zero-order valence-electron chi connectivity index (χ0n) is 18.7. The Balaban J connectivity index is 1.33. The lowest BCUT2D eigenvalue weighted by Gasteiger charge is -2.25. The van der Waals surface area contributed by atoms with Gasteiger partial charge >= 0.3 is 0 Å². The average molecular weight is 460 g/mol. The summed E-state index contributed by atoms with van der Waals surface area (Å²) in [4.78, 5) is 16.4. The van der Waals surface area contributed by atoms with Crippen LogP contribution in [0.2, 0.25) is 0 Å². The van der Waals surface area contributed by atoms with E-state index in [0.29, 0.717) is 17.4 Å². The normalized spacial score (nSPS) is 18.1. The highest BCUT2D eigenvalue weighted by Gasteiger charge is 2.49. The smallest absolute Gasteiger partial charge is 0.229 e. The molecule has 8 nitrogen and oxygen atoms in total. The summed E-state index contributed by atoms with van der Waals surface area (Å²) >= 11 is 0. The monoisotopic (exact) mass is 459 g/mol. The highest BCUT2D eigenvalue weighted by molar-refractivity contribution is 7.85. The van der Waals surface area contributed by atoms with Crippen molar-refractivity contribution in [2.24, 2.45) is 0 Å². The summed E-state index contributed by atoms with van der Waals surface area (Å²) in [6.45, 7) is 2.04. The van der Waals surface area contributed by atoms with Crippen LogP contribution in [0, 0.1) is 0 Å². The quantitative estimate of drug-likeness (QED) is 0.490. The predicted octanol–water partition coefficient (Wildman–Crippen LogP) is 3.31. The molecule has 4 heterocycles. The summed E-state index contributed by atoms with van der Waals surface area (Å²) in [5.41, 5.74) is 5.24. The highest BCUT2D eigenvalue weighted by Crippen LogP contribution is 2.49. The Morgan fingerprint density at radius 2 is 1.97 bits per heavy atom. The van der Waals surface area contributed by atoms with E-state index in [1.807, 2.05) is 18.2 Å². The average Bonchev–Trinajstić information content (AvgIpc) is 3.53. The SMILES string of the molecule is CN1CCc2ccc(Nc3ncc4cnn(-c5cccc(C6(S(C)=O)CC6)n5)c4n3)cc2C1. The number of pyridine rings is 1. The molecule has 33 heavy (non-hydrogen) atoms. The second-order valence-electron chi connectivity index (χ2n) is 8.95. The molecule has 2 aliphatic rings. The third-order valence-corrected chi connectivity index (χ3v) is 8.36. The van der Waals surface area contributed by atoms with Gasteiger partial charge in [0.15, 0.2) is 11.5 Å². The van der Waals surface area contributed by atoms with Crippen molar-refractivity contribution in [3.8, 4) is 5.82 Å². The molecule has 4 aromatic rings. The van der Waals surface area contributed by atoms with Crippen LogP contribution in [0.15, 0.2) is 48.8 Å². The van der Waals surface area contributed by atoms with Gasteiger partial charge in [0.1, 0.15) is 0 Å². The number of hydrogen-bond acceptors (Lipinski definition) is 7. The van der Waals surface area contributed by atoms with E-state index in [4.69, 9.17) is 9.97 Å². The van der Waals surface area contributed by atoms with Crippen molar-refractivity contribution in [2.45, 2.75) is 30.6 Å². The van der Waals surface area contributed by atoms with E-state index >= 15 is 0 Å². The van der Waals surface area contributed by atoms with Crippen molar-refractivity contribution in [2.75, 3.05) is 25.2 Å². The molecule has 0 saturated heterocycles. The second kappa shape index (κ2) is 7.71. The van der Waals surface area contributed by atoms with Gasteiger partial charge in [0.2, 0.25) is 5.95 Å². The lowest BCUT2D eigenvalue weighted by Crippen LogP contribution is -2.26. The second-order valence-corrected chi connectivity index (χ2v) is 10.6. The lowest BCUT2D eigenvalue weighted by molar-refractivity contribution is 0.313. The molecule has 6 rings (SSSR count). The summed E-state index contributed by atoms with van der Waals surface area (Å²) in [5, 5.41) is 8.69. The number of nitrogens with zero attached hydrogens (tertiary/aromatic N) is 6. The van der Waals surface area contributed by atoms with Crippen LogP contribution in [-0.4, -0.2) is 53.7 Å². The molecule has 1 atom stereocenters. The maximum absolute atomic E-state index is 12.3. The molecule has 1 aliphatic carbocycles. The van der Waals surface area contributed by atoms with E-state index in [0.717, 1.165) is 49.1 Å². The predicted molar refractivity (Wildman–Crippen MR) is 129 cm³/mol. The van der Waals surface area contributed by atoms with E-state index in [9.17, 15) is 4.21 Å². The van der Waals surface area contributed by atoms with Gasteiger partial charge in [-0.15, -0.1) is 0 Å². The Hall–Kier alpha value is -3.17. The van der Waals surface area contributed by atoms with E-state index in [1.54, 1.807) is 23.3 Å². The van der Waals surface area contributed by atoms with Gasteiger partial charge in [-0.2, -0.15) is 14.8 Å². The summed E-state index contributed by atoms with van der Waals surface area (Å²) in [6, 6.07) is 12.3. The molecule has 3 aromatic heterocycles. The molecule has 1 fully saturated rings. The van der Waals surface area contributed by atoms with E-state index in [2.05, 4.69) is 45.5 Å². The molecule has 0 amide bonds. The van der Waals surface area contributed by atoms with Gasteiger partial charge < -0.3 is 10.2 Å². The molecular formula is C24H25N7OS. The molecule has 168 valence electrons. The number of benzene rings is 1. The third kappa shape index (κ3) is 3.61. The minimum absolute atomic E-state index is 0.318. The Morgan fingerprint density at radius 3 is 2.79 bits per heavy atom. The summed E-state index contributed by atoms with van der Waals surface area (Å²) in [6.07, 6.45) is 8.15. The molecule has 1 aliphatic heterocycles. The van der Waals surface area contributed by atoms with Gasteiger partial charge in [-0.25, -0.2) is 9.97 Å². The first-order valence-corrected chi connectivity index (χ1v) is 12.7. The summed E-state index contributed by atoms with van der Waals surface area (Å²) in [5.74, 6) is 1.18.